The Morgan fingerprint density at radius 1 is 1.47 bits per heavy atom. The third-order valence-corrected chi connectivity index (χ3v) is 3.43. The molecule has 2 N–H and O–H groups in total. The van der Waals surface area contributed by atoms with Crippen LogP contribution in [0.25, 0.3) is 0 Å². The number of hydrogen-bond donors (Lipinski definition) is 1. The molecule has 0 amide bonds. The summed E-state index contributed by atoms with van der Waals surface area (Å²) in [6.45, 7) is 4.04. The molecule has 0 unspecified atom stereocenters. The van der Waals surface area contributed by atoms with E-state index in [1.165, 1.54) is 17.7 Å². The highest BCUT2D eigenvalue weighted by molar-refractivity contribution is 5.60. The SMILES string of the molecule is Cc1cc(N)ccc1N1C[C@@H]2C[C@H]1CO2. The number of benzene rings is 1. The molecule has 15 heavy (non-hydrogen) atoms. The fourth-order valence-corrected chi connectivity index (χ4v) is 2.70. The molecule has 3 nitrogen and oxygen atoms in total. The number of fused-ring (bicyclic) bond motifs is 2. The minimum atomic E-state index is 0.451. The Hall–Kier alpha value is -1.22. The van der Waals surface area contributed by atoms with E-state index in [9.17, 15) is 0 Å². The Balaban J connectivity index is 1.93. The van der Waals surface area contributed by atoms with Crippen LogP contribution in [0, 0.1) is 6.92 Å². The maximum absolute atomic E-state index is 5.76. The number of aryl methyl sites for hydroxylation is 1. The molecule has 0 saturated carbocycles. The van der Waals surface area contributed by atoms with Crippen LogP contribution in [0.5, 0.6) is 0 Å². The van der Waals surface area contributed by atoms with Gasteiger partial charge in [0.2, 0.25) is 0 Å². The molecule has 1 aromatic carbocycles. The second-order valence-electron chi connectivity index (χ2n) is 4.54. The first-order chi connectivity index (χ1) is 7.24. The van der Waals surface area contributed by atoms with Crippen LogP contribution in [0.3, 0.4) is 0 Å². The fourth-order valence-electron chi connectivity index (χ4n) is 2.70. The fraction of sp³-hybridized carbons (Fsp3) is 0.500. The van der Waals surface area contributed by atoms with Crippen molar-refractivity contribution in [3.05, 3.63) is 23.8 Å². The molecule has 2 atom stereocenters. The maximum atomic E-state index is 5.76. The zero-order valence-corrected chi connectivity index (χ0v) is 8.94. The lowest BCUT2D eigenvalue weighted by molar-refractivity contribution is 0.0991. The smallest absolute Gasteiger partial charge is 0.0771 e. The van der Waals surface area contributed by atoms with Crippen molar-refractivity contribution < 1.29 is 4.74 Å². The number of nitrogens with zero attached hydrogens (tertiary/aromatic N) is 1. The van der Waals surface area contributed by atoms with Gasteiger partial charge in [-0.25, -0.2) is 0 Å². The summed E-state index contributed by atoms with van der Waals surface area (Å²) in [7, 11) is 0. The molecule has 3 heteroatoms. The van der Waals surface area contributed by atoms with Crippen molar-refractivity contribution in [3.63, 3.8) is 0 Å². The van der Waals surface area contributed by atoms with E-state index in [2.05, 4.69) is 17.9 Å². The van der Waals surface area contributed by atoms with Crippen molar-refractivity contribution in [2.75, 3.05) is 23.8 Å². The van der Waals surface area contributed by atoms with E-state index in [4.69, 9.17) is 10.5 Å². The predicted octanol–water partition coefficient (Wildman–Crippen LogP) is 1.55. The summed E-state index contributed by atoms with van der Waals surface area (Å²) in [5.41, 5.74) is 9.19. The minimum absolute atomic E-state index is 0.451. The second-order valence-corrected chi connectivity index (χ2v) is 4.54. The molecule has 2 fully saturated rings. The summed E-state index contributed by atoms with van der Waals surface area (Å²) in [6, 6.07) is 6.74. The van der Waals surface area contributed by atoms with Gasteiger partial charge in [0.05, 0.1) is 18.8 Å². The predicted molar refractivity (Wildman–Crippen MR) is 61.1 cm³/mol. The first kappa shape index (κ1) is 9.04. The van der Waals surface area contributed by atoms with Gasteiger partial charge in [0.25, 0.3) is 0 Å². The van der Waals surface area contributed by atoms with Crippen molar-refractivity contribution in [2.45, 2.75) is 25.5 Å². The molecule has 80 valence electrons. The molecule has 0 spiro atoms. The standard InChI is InChI=1S/C12H16N2O/c1-8-4-9(13)2-3-12(8)14-6-11-5-10(14)7-15-11/h2-4,10-11H,5-7,13H2,1H3/t10-,11-/m0/s1. The third kappa shape index (κ3) is 1.38. The Kier molecular flexibility index (Phi) is 1.89. The van der Waals surface area contributed by atoms with Crippen LogP contribution in [0.2, 0.25) is 0 Å². The lowest BCUT2D eigenvalue weighted by Gasteiger charge is -2.30. The summed E-state index contributed by atoms with van der Waals surface area (Å²) in [5.74, 6) is 0. The Morgan fingerprint density at radius 2 is 2.33 bits per heavy atom. The second kappa shape index (κ2) is 3.14. The van der Waals surface area contributed by atoms with Crippen LogP contribution < -0.4 is 10.6 Å². The topological polar surface area (TPSA) is 38.5 Å². The van der Waals surface area contributed by atoms with Gasteiger partial charge in [0.1, 0.15) is 0 Å². The number of nitrogens with two attached hydrogens (primary N) is 1. The average molecular weight is 204 g/mol. The Morgan fingerprint density at radius 3 is 2.93 bits per heavy atom. The van der Waals surface area contributed by atoms with Crippen molar-refractivity contribution in [2.24, 2.45) is 0 Å². The highest BCUT2D eigenvalue weighted by Gasteiger charge is 2.39. The average Bonchev–Trinajstić information content (AvgIpc) is 2.78. The van der Waals surface area contributed by atoms with Gasteiger partial charge >= 0.3 is 0 Å². The molecular formula is C12H16N2O. The van der Waals surface area contributed by atoms with Gasteiger partial charge in [-0.15, -0.1) is 0 Å². The molecule has 2 saturated heterocycles. The monoisotopic (exact) mass is 204 g/mol. The van der Waals surface area contributed by atoms with Crippen LogP contribution in [0.1, 0.15) is 12.0 Å². The van der Waals surface area contributed by atoms with E-state index in [1.807, 2.05) is 12.1 Å². The van der Waals surface area contributed by atoms with Gasteiger partial charge in [-0.2, -0.15) is 0 Å². The summed E-state index contributed by atoms with van der Waals surface area (Å²) in [5, 5.41) is 0. The zero-order valence-electron chi connectivity index (χ0n) is 8.94. The normalized spacial score (nSPS) is 28.7. The summed E-state index contributed by atoms with van der Waals surface area (Å²) in [4.78, 5) is 2.46. The molecule has 2 aliphatic rings. The van der Waals surface area contributed by atoms with Crippen LogP contribution in [-0.4, -0.2) is 25.3 Å². The van der Waals surface area contributed by atoms with Crippen LogP contribution in [0.4, 0.5) is 11.4 Å². The number of ether oxygens (including phenoxy) is 1. The van der Waals surface area contributed by atoms with E-state index in [1.54, 1.807) is 0 Å². The number of hydrogen-bond acceptors (Lipinski definition) is 3. The molecule has 0 aliphatic carbocycles. The van der Waals surface area contributed by atoms with Gasteiger partial charge in [-0.1, -0.05) is 0 Å². The van der Waals surface area contributed by atoms with Crippen molar-refractivity contribution in [3.8, 4) is 0 Å². The Labute approximate surface area is 89.8 Å². The summed E-state index contributed by atoms with van der Waals surface area (Å²) >= 11 is 0. The number of rotatable bonds is 1. The molecule has 2 bridgehead atoms. The number of anilines is 2. The van der Waals surface area contributed by atoms with Gasteiger partial charge in [0, 0.05) is 17.9 Å². The highest BCUT2D eigenvalue weighted by Crippen LogP contribution is 2.34. The molecule has 1 aromatic rings. The van der Waals surface area contributed by atoms with Crippen LogP contribution >= 0.6 is 0 Å². The Bertz CT molecular complexity index is 391. The van der Waals surface area contributed by atoms with E-state index in [-0.39, 0.29) is 0 Å². The van der Waals surface area contributed by atoms with E-state index >= 15 is 0 Å². The van der Waals surface area contributed by atoms with Crippen molar-refractivity contribution in [1.29, 1.82) is 0 Å². The van der Waals surface area contributed by atoms with E-state index < -0.39 is 0 Å². The van der Waals surface area contributed by atoms with Crippen LogP contribution in [-0.2, 0) is 4.74 Å². The molecule has 2 aliphatic heterocycles. The molecule has 3 rings (SSSR count). The number of morpholine rings is 1. The summed E-state index contributed by atoms with van der Waals surface area (Å²) < 4.78 is 5.60. The van der Waals surface area contributed by atoms with Gasteiger partial charge in [0.15, 0.2) is 0 Å². The molecule has 0 radical (unpaired) electrons. The first-order valence-corrected chi connectivity index (χ1v) is 5.48. The molecule has 0 aromatic heterocycles. The zero-order chi connectivity index (χ0) is 10.4. The van der Waals surface area contributed by atoms with Crippen molar-refractivity contribution in [1.82, 2.24) is 0 Å². The van der Waals surface area contributed by atoms with Crippen molar-refractivity contribution >= 4 is 11.4 Å². The lowest BCUT2D eigenvalue weighted by atomic mass is 10.1. The molecule has 2 heterocycles. The minimum Gasteiger partial charge on any atom is -0.399 e. The van der Waals surface area contributed by atoms with Gasteiger partial charge in [-0.3, -0.25) is 0 Å². The summed E-state index contributed by atoms with van der Waals surface area (Å²) in [6.07, 6.45) is 1.64. The number of nitrogen functional groups attached to an aromatic ring is 1. The van der Waals surface area contributed by atoms with E-state index in [0.717, 1.165) is 18.8 Å². The van der Waals surface area contributed by atoms with Crippen LogP contribution in [0.15, 0.2) is 18.2 Å². The molecular weight excluding hydrogens is 188 g/mol. The largest absolute Gasteiger partial charge is 0.399 e. The quantitative estimate of drug-likeness (QED) is 0.705. The highest BCUT2D eigenvalue weighted by atomic mass is 16.5. The van der Waals surface area contributed by atoms with Gasteiger partial charge < -0.3 is 15.4 Å². The van der Waals surface area contributed by atoms with Gasteiger partial charge in [-0.05, 0) is 37.1 Å². The lowest BCUT2D eigenvalue weighted by Crippen LogP contribution is -2.37. The maximum Gasteiger partial charge on any atom is 0.0771 e. The third-order valence-electron chi connectivity index (χ3n) is 3.43. The first-order valence-electron chi connectivity index (χ1n) is 5.48. The van der Waals surface area contributed by atoms with E-state index in [0.29, 0.717) is 12.1 Å².